The SMILES string of the molecule is CC(=O)Nc1cc(Nc2nc(Cl)nc(Cl)n2)ccc1N=Nc1cccc([N+](C)(C)C)c1. The smallest absolute Gasteiger partial charge is 0.232 e. The van der Waals surface area contributed by atoms with Crippen LogP contribution in [0.5, 0.6) is 0 Å². The van der Waals surface area contributed by atoms with Crippen LogP contribution < -0.4 is 15.1 Å². The maximum Gasteiger partial charge on any atom is 0.232 e. The van der Waals surface area contributed by atoms with Crippen molar-refractivity contribution in [3.63, 3.8) is 0 Å². The molecule has 0 aliphatic carbocycles. The lowest BCUT2D eigenvalue weighted by molar-refractivity contribution is -0.114. The van der Waals surface area contributed by atoms with Gasteiger partial charge in [0.05, 0.1) is 32.5 Å². The van der Waals surface area contributed by atoms with E-state index >= 15 is 0 Å². The van der Waals surface area contributed by atoms with Gasteiger partial charge in [0.15, 0.2) is 0 Å². The zero-order valence-electron chi connectivity index (χ0n) is 17.4. The quantitative estimate of drug-likeness (QED) is 0.374. The molecule has 160 valence electrons. The highest BCUT2D eigenvalue weighted by molar-refractivity contribution is 6.31. The van der Waals surface area contributed by atoms with Gasteiger partial charge in [0.25, 0.3) is 0 Å². The van der Waals surface area contributed by atoms with Crippen molar-refractivity contribution in [3.05, 3.63) is 53.0 Å². The van der Waals surface area contributed by atoms with E-state index < -0.39 is 0 Å². The van der Waals surface area contributed by atoms with Crippen LogP contribution in [-0.2, 0) is 4.79 Å². The fraction of sp³-hybridized carbons (Fsp3) is 0.200. The summed E-state index contributed by atoms with van der Waals surface area (Å²) < 4.78 is 0.659. The molecule has 0 atom stereocenters. The molecule has 9 nitrogen and oxygen atoms in total. The Kier molecular flexibility index (Phi) is 6.79. The maximum absolute atomic E-state index is 11.7. The minimum Gasteiger partial charge on any atom is -0.324 e. The number of nitrogens with one attached hydrogen (secondary N) is 2. The molecule has 31 heavy (non-hydrogen) atoms. The number of amides is 1. The van der Waals surface area contributed by atoms with Crippen LogP contribution in [0.3, 0.4) is 0 Å². The molecule has 2 N–H and O–H groups in total. The lowest BCUT2D eigenvalue weighted by atomic mass is 10.2. The third kappa shape index (κ3) is 6.42. The highest BCUT2D eigenvalue weighted by Crippen LogP contribution is 2.32. The normalized spacial score (nSPS) is 11.5. The topological polar surface area (TPSA) is 105 Å². The Morgan fingerprint density at radius 2 is 1.68 bits per heavy atom. The van der Waals surface area contributed by atoms with Crippen molar-refractivity contribution < 1.29 is 4.79 Å². The summed E-state index contributed by atoms with van der Waals surface area (Å²) in [6.45, 7) is 1.41. The van der Waals surface area contributed by atoms with E-state index in [9.17, 15) is 4.79 Å². The Hall–Kier alpha value is -3.14. The van der Waals surface area contributed by atoms with Gasteiger partial charge in [-0.3, -0.25) is 9.28 Å². The number of quaternary nitrogens is 1. The zero-order valence-corrected chi connectivity index (χ0v) is 18.9. The first-order valence-corrected chi connectivity index (χ1v) is 9.95. The number of azo groups is 1. The van der Waals surface area contributed by atoms with Crippen LogP contribution in [0, 0.1) is 0 Å². The second kappa shape index (κ2) is 9.34. The largest absolute Gasteiger partial charge is 0.324 e. The van der Waals surface area contributed by atoms with Gasteiger partial charge in [-0.25, -0.2) is 0 Å². The minimum absolute atomic E-state index is 0.0360. The van der Waals surface area contributed by atoms with E-state index in [0.29, 0.717) is 27.2 Å². The highest BCUT2D eigenvalue weighted by atomic mass is 35.5. The summed E-state index contributed by atoms with van der Waals surface area (Å²) in [6.07, 6.45) is 0. The van der Waals surface area contributed by atoms with Gasteiger partial charge in [0.1, 0.15) is 11.4 Å². The monoisotopic (exact) mass is 459 g/mol. The zero-order chi connectivity index (χ0) is 22.6. The van der Waals surface area contributed by atoms with Gasteiger partial charge in [-0.1, -0.05) is 6.07 Å². The molecule has 0 aliphatic heterocycles. The highest BCUT2D eigenvalue weighted by Gasteiger charge is 2.12. The number of rotatable bonds is 6. The Morgan fingerprint density at radius 3 is 2.32 bits per heavy atom. The van der Waals surface area contributed by atoms with E-state index in [0.717, 1.165) is 5.69 Å². The van der Waals surface area contributed by atoms with Crippen molar-refractivity contribution in [2.75, 3.05) is 31.8 Å². The van der Waals surface area contributed by atoms with Gasteiger partial charge in [0, 0.05) is 18.7 Å². The predicted octanol–water partition coefficient (Wildman–Crippen LogP) is 5.49. The second-order valence-electron chi connectivity index (χ2n) is 7.47. The molecular weight excluding hydrogens is 439 g/mol. The van der Waals surface area contributed by atoms with Crippen molar-refractivity contribution in [3.8, 4) is 0 Å². The number of anilines is 3. The van der Waals surface area contributed by atoms with Crippen molar-refractivity contribution in [1.29, 1.82) is 0 Å². The Balaban J connectivity index is 1.90. The first kappa shape index (κ1) is 22.5. The molecular formula is C20H21Cl2N8O+. The molecule has 11 heteroatoms. The standard InChI is InChI=1S/C20H20Cl2N8O/c1-12(31)23-17-11-13(24-20-26-18(21)25-19(22)27-20)8-9-16(17)29-28-14-6-5-7-15(10-14)30(2,3)4/h5-11H,1-4H3,(H-,23,24,25,26,27,28,31)/p+1. The Morgan fingerprint density at radius 1 is 0.968 bits per heavy atom. The molecule has 0 unspecified atom stereocenters. The summed E-state index contributed by atoms with van der Waals surface area (Å²) in [6, 6.07) is 12.9. The van der Waals surface area contributed by atoms with Crippen molar-refractivity contribution >= 4 is 63.5 Å². The van der Waals surface area contributed by atoms with Crippen LogP contribution in [0.25, 0.3) is 0 Å². The second-order valence-corrected chi connectivity index (χ2v) is 8.14. The molecule has 0 aliphatic rings. The summed E-state index contributed by atoms with van der Waals surface area (Å²) >= 11 is 11.6. The minimum atomic E-state index is -0.244. The number of benzene rings is 2. The molecule has 0 radical (unpaired) electrons. The van der Waals surface area contributed by atoms with E-state index in [-0.39, 0.29) is 22.4 Å². The molecule has 0 spiro atoms. The van der Waals surface area contributed by atoms with Gasteiger partial charge in [-0.05, 0) is 53.5 Å². The molecule has 0 bridgehead atoms. The van der Waals surface area contributed by atoms with Crippen LogP contribution in [0.2, 0.25) is 10.6 Å². The lowest BCUT2D eigenvalue weighted by Gasteiger charge is -2.23. The molecule has 0 saturated carbocycles. The molecule has 1 aromatic heterocycles. The first-order chi connectivity index (χ1) is 14.6. The van der Waals surface area contributed by atoms with Crippen LogP contribution in [0.4, 0.5) is 34.4 Å². The molecule has 3 aromatic rings. The predicted molar refractivity (Wildman–Crippen MR) is 124 cm³/mol. The van der Waals surface area contributed by atoms with Crippen molar-refractivity contribution in [1.82, 2.24) is 19.4 Å². The molecule has 0 fully saturated rings. The fourth-order valence-corrected chi connectivity index (χ4v) is 2.95. The van der Waals surface area contributed by atoms with Crippen molar-refractivity contribution in [2.45, 2.75) is 6.92 Å². The number of aromatic nitrogens is 3. The summed E-state index contributed by atoms with van der Waals surface area (Å²) in [7, 11) is 6.22. The number of nitrogens with zero attached hydrogens (tertiary/aromatic N) is 6. The number of hydrogen-bond acceptors (Lipinski definition) is 7. The van der Waals surface area contributed by atoms with Gasteiger partial charge in [0.2, 0.25) is 22.4 Å². The molecule has 0 saturated heterocycles. The number of halogens is 2. The lowest BCUT2D eigenvalue weighted by Crippen LogP contribution is -2.34. The molecule has 1 heterocycles. The molecule has 1 amide bonds. The van der Waals surface area contributed by atoms with E-state index in [1.807, 2.05) is 24.3 Å². The van der Waals surface area contributed by atoms with Gasteiger partial charge < -0.3 is 10.6 Å². The average Bonchev–Trinajstić information content (AvgIpc) is 2.66. The number of hydrogen-bond donors (Lipinski definition) is 2. The van der Waals surface area contributed by atoms with Gasteiger partial charge >= 0.3 is 0 Å². The van der Waals surface area contributed by atoms with E-state index in [1.54, 1.807) is 18.2 Å². The molecule has 3 rings (SSSR count). The van der Waals surface area contributed by atoms with Gasteiger partial charge in [-0.15, -0.1) is 5.11 Å². The summed E-state index contributed by atoms with van der Waals surface area (Å²) in [5.41, 5.74) is 3.34. The summed E-state index contributed by atoms with van der Waals surface area (Å²) in [4.78, 5) is 23.3. The third-order valence-corrected chi connectivity index (χ3v) is 4.36. The van der Waals surface area contributed by atoms with Gasteiger partial charge in [-0.2, -0.15) is 20.1 Å². The Labute approximate surface area is 189 Å². The Bertz CT molecular complexity index is 1120. The van der Waals surface area contributed by atoms with Crippen LogP contribution in [0.1, 0.15) is 6.92 Å². The van der Waals surface area contributed by atoms with Crippen molar-refractivity contribution in [2.24, 2.45) is 10.2 Å². The number of carbonyl (C=O) groups is 1. The van der Waals surface area contributed by atoms with E-state index in [4.69, 9.17) is 23.2 Å². The van der Waals surface area contributed by atoms with E-state index in [2.05, 4.69) is 57.0 Å². The van der Waals surface area contributed by atoms with E-state index in [1.165, 1.54) is 6.92 Å². The fourth-order valence-electron chi connectivity index (χ4n) is 2.59. The van der Waals surface area contributed by atoms with Crippen LogP contribution >= 0.6 is 23.2 Å². The van der Waals surface area contributed by atoms with Crippen LogP contribution in [0.15, 0.2) is 52.7 Å². The number of carbonyl (C=O) groups excluding carboxylic acids is 1. The van der Waals surface area contributed by atoms with Crippen LogP contribution in [-0.4, -0.2) is 42.0 Å². The summed E-state index contributed by atoms with van der Waals surface area (Å²) in [5.74, 6) is -0.0721. The first-order valence-electron chi connectivity index (χ1n) is 9.20. The third-order valence-electron chi connectivity index (χ3n) is 4.02. The average molecular weight is 460 g/mol. The summed E-state index contributed by atoms with van der Waals surface area (Å²) in [5, 5.41) is 14.3. The maximum atomic E-state index is 11.7. The molecule has 2 aromatic carbocycles.